The van der Waals surface area contributed by atoms with E-state index in [-0.39, 0.29) is 13.1 Å². The van der Waals surface area contributed by atoms with E-state index in [4.69, 9.17) is 14.2 Å². The Labute approximate surface area is 251 Å². The van der Waals surface area contributed by atoms with Crippen molar-refractivity contribution in [2.45, 2.75) is 116 Å². The maximum absolute atomic E-state index is 11.9. The van der Waals surface area contributed by atoms with Crippen LogP contribution < -0.4 is 14.4 Å². The smallest absolute Gasteiger partial charge is 0.325 e. The van der Waals surface area contributed by atoms with Crippen LogP contribution in [0.3, 0.4) is 0 Å². The van der Waals surface area contributed by atoms with Gasteiger partial charge < -0.3 is 24.2 Å². The van der Waals surface area contributed by atoms with Gasteiger partial charge >= 0.3 is 11.9 Å². The Morgan fingerprint density at radius 2 is 1.15 bits per heavy atom. The van der Waals surface area contributed by atoms with Crippen molar-refractivity contribution in [2.24, 2.45) is 0 Å². The minimum atomic E-state index is -1.04. The van der Waals surface area contributed by atoms with Gasteiger partial charge in [-0.15, -0.1) is 0 Å². The van der Waals surface area contributed by atoms with E-state index in [1.807, 2.05) is 6.07 Å². The van der Waals surface area contributed by atoms with E-state index < -0.39 is 11.9 Å². The van der Waals surface area contributed by atoms with Crippen molar-refractivity contribution in [1.29, 1.82) is 0 Å². The van der Waals surface area contributed by atoms with Gasteiger partial charge in [0.1, 0.15) is 24.6 Å². The molecular weight excluding hydrogens is 574 g/mol. The molecule has 230 valence electrons. The molecule has 0 aliphatic carbocycles. The molecule has 0 heterocycles. The highest BCUT2D eigenvalue weighted by molar-refractivity contribution is 9.09. The highest BCUT2D eigenvalue weighted by Crippen LogP contribution is 2.29. The van der Waals surface area contributed by atoms with Crippen molar-refractivity contribution in [3.05, 3.63) is 18.2 Å². The monoisotopic (exact) mass is 627 g/mol. The van der Waals surface area contributed by atoms with Gasteiger partial charge in [0.05, 0.1) is 20.3 Å². The number of ether oxygens (including phenoxy) is 3. The molecule has 0 spiro atoms. The fourth-order valence-corrected chi connectivity index (χ4v) is 4.84. The van der Waals surface area contributed by atoms with Gasteiger partial charge in [0.25, 0.3) is 0 Å². The summed E-state index contributed by atoms with van der Waals surface area (Å²) < 4.78 is 16.6. The summed E-state index contributed by atoms with van der Waals surface area (Å²) in [6.45, 7) is 2.86. The maximum Gasteiger partial charge on any atom is 0.325 e. The zero-order valence-corrected chi connectivity index (χ0v) is 26.7. The Balaban J connectivity index is 2.35. The van der Waals surface area contributed by atoms with Gasteiger partial charge in [0, 0.05) is 29.2 Å². The van der Waals surface area contributed by atoms with Gasteiger partial charge in [-0.25, -0.2) is 0 Å². The van der Waals surface area contributed by atoms with Crippen molar-refractivity contribution < 1.29 is 28.9 Å². The summed E-state index contributed by atoms with van der Waals surface area (Å²) in [5, 5.41) is 10.2. The number of unbranched alkanes of at least 4 members (excludes halogenated alkanes) is 15. The molecule has 0 amide bonds. The topological polar surface area (TPSA) is 85.3 Å². The van der Waals surface area contributed by atoms with Gasteiger partial charge in [-0.1, -0.05) is 119 Å². The van der Waals surface area contributed by atoms with Crippen LogP contribution in [0.25, 0.3) is 0 Å². The molecule has 1 aromatic rings. The number of carbonyl (C=O) groups is 2. The quantitative estimate of drug-likeness (QED) is 0.0594. The van der Waals surface area contributed by atoms with Crippen molar-refractivity contribution in [3.63, 3.8) is 0 Å². The van der Waals surface area contributed by atoms with Crippen molar-refractivity contribution >= 4 is 33.6 Å². The van der Waals surface area contributed by atoms with Crippen LogP contribution in [0.2, 0.25) is 0 Å². The number of nitrogens with zero attached hydrogens (tertiary/aromatic N) is 1. The van der Waals surface area contributed by atoms with Crippen LogP contribution in [0.15, 0.2) is 18.2 Å². The third-order valence-corrected chi connectivity index (χ3v) is 7.48. The number of hydrogen-bond acceptors (Lipinski definition) is 6. The first-order chi connectivity index (χ1) is 19.5. The second kappa shape index (κ2) is 24.8. The fraction of sp³-hybridized carbons (Fsp3) is 0.750. The van der Waals surface area contributed by atoms with E-state index in [2.05, 4.69) is 22.9 Å². The lowest BCUT2D eigenvalue weighted by molar-refractivity contribution is -0.139. The van der Waals surface area contributed by atoms with Gasteiger partial charge in [-0.2, -0.15) is 0 Å². The normalized spacial score (nSPS) is 10.9. The number of halogens is 1. The van der Waals surface area contributed by atoms with Crippen LogP contribution in [0, 0.1) is 0 Å². The molecule has 0 atom stereocenters. The Morgan fingerprint density at radius 1 is 0.700 bits per heavy atom. The van der Waals surface area contributed by atoms with Crippen molar-refractivity contribution in [1.82, 2.24) is 0 Å². The highest BCUT2D eigenvalue weighted by Gasteiger charge is 2.17. The molecule has 0 aromatic heterocycles. The minimum absolute atomic E-state index is 0.174. The molecule has 0 aliphatic rings. The average Bonchev–Trinajstić information content (AvgIpc) is 2.94. The number of esters is 1. The number of hydrogen-bond donors (Lipinski definition) is 1. The standard InChI is InChI=1S/C32H54BrNO6/c1-3-4-5-6-7-8-9-10-11-12-13-14-15-16-17-18-21-39-29-23-28(24-30(25-29)40-22-19-20-33)34(26-31(35)36)27-32(37)38-2/h23-25H,3-22,26-27H2,1-2H3,(H,35,36). The average molecular weight is 629 g/mol. The first kappa shape index (κ1) is 36.1. The molecule has 0 unspecified atom stereocenters. The van der Waals surface area contributed by atoms with Gasteiger partial charge in [-0.05, 0) is 12.8 Å². The molecule has 7 nitrogen and oxygen atoms in total. The molecule has 1 N–H and O–H groups in total. The number of rotatable bonds is 27. The predicted octanol–water partition coefficient (Wildman–Crippen LogP) is 8.55. The number of alkyl halides is 1. The number of carboxylic acids is 1. The Kier molecular flexibility index (Phi) is 22.4. The predicted molar refractivity (Wildman–Crippen MR) is 167 cm³/mol. The van der Waals surface area contributed by atoms with Crippen LogP contribution in [0.1, 0.15) is 116 Å². The van der Waals surface area contributed by atoms with E-state index in [1.54, 1.807) is 12.1 Å². The molecule has 0 aliphatic heterocycles. The Hall–Kier alpha value is -1.96. The van der Waals surface area contributed by atoms with Crippen LogP contribution in [0.4, 0.5) is 5.69 Å². The third-order valence-electron chi connectivity index (χ3n) is 6.92. The van der Waals surface area contributed by atoms with E-state index in [0.717, 1.165) is 24.6 Å². The summed E-state index contributed by atoms with van der Waals surface area (Å²) in [7, 11) is 1.29. The molecule has 0 fully saturated rings. The Bertz CT molecular complexity index is 791. The fourth-order valence-electron chi connectivity index (χ4n) is 4.61. The van der Waals surface area contributed by atoms with Crippen LogP contribution in [-0.4, -0.2) is 55.8 Å². The van der Waals surface area contributed by atoms with E-state index in [0.29, 0.717) is 30.4 Å². The summed E-state index contributed by atoms with van der Waals surface area (Å²) in [4.78, 5) is 24.7. The van der Waals surface area contributed by atoms with Crippen molar-refractivity contribution in [3.8, 4) is 11.5 Å². The number of carbonyl (C=O) groups excluding carboxylic acids is 1. The van der Waals surface area contributed by atoms with E-state index in [9.17, 15) is 14.7 Å². The SMILES string of the molecule is CCCCCCCCCCCCCCCCCCOc1cc(OCCCBr)cc(N(CC(=O)O)CC(=O)OC)c1. The van der Waals surface area contributed by atoms with Gasteiger partial charge in [-0.3, -0.25) is 9.59 Å². The summed E-state index contributed by atoms with van der Waals surface area (Å²) in [5.41, 5.74) is 0.547. The minimum Gasteiger partial charge on any atom is -0.493 e. The molecule has 0 saturated carbocycles. The zero-order chi connectivity index (χ0) is 29.3. The highest BCUT2D eigenvalue weighted by atomic mass is 79.9. The van der Waals surface area contributed by atoms with Crippen molar-refractivity contribution in [2.75, 3.05) is 43.6 Å². The lowest BCUT2D eigenvalue weighted by atomic mass is 10.0. The number of aliphatic carboxylic acids is 1. The zero-order valence-electron chi connectivity index (χ0n) is 25.1. The number of anilines is 1. The summed E-state index contributed by atoms with van der Waals surface area (Å²) in [6, 6.07) is 5.32. The van der Waals surface area contributed by atoms with E-state index >= 15 is 0 Å². The number of benzene rings is 1. The summed E-state index contributed by atoms with van der Waals surface area (Å²) in [6.07, 6.45) is 22.0. The largest absolute Gasteiger partial charge is 0.493 e. The molecule has 40 heavy (non-hydrogen) atoms. The summed E-state index contributed by atoms with van der Waals surface area (Å²) >= 11 is 3.40. The van der Waals surface area contributed by atoms with Crippen LogP contribution in [0.5, 0.6) is 11.5 Å². The van der Waals surface area contributed by atoms with Crippen LogP contribution in [-0.2, 0) is 14.3 Å². The Morgan fingerprint density at radius 3 is 1.57 bits per heavy atom. The molecule has 1 rings (SSSR count). The van der Waals surface area contributed by atoms with Crippen LogP contribution >= 0.6 is 15.9 Å². The maximum atomic E-state index is 11.9. The first-order valence-electron chi connectivity index (χ1n) is 15.5. The van der Waals surface area contributed by atoms with Gasteiger partial charge in [0.15, 0.2) is 0 Å². The lowest BCUT2D eigenvalue weighted by Crippen LogP contribution is -2.35. The third kappa shape index (κ3) is 19.2. The first-order valence-corrected chi connectivity index (χ1v) is 16.6. The molecule has 0 bridgehead atoms. The number of carboxylic acid groups (broad SMARTS) is 1. The second-order valence-corrected chi connectivity index (χ2v) is 11.3. The molecule has 0 radical (unpaired) electrons. The van der Waals surface area contributed by atoms with Gasteiger partial charge in [0.2, 0.25) is 0 Å². The molecule has 0 saturated heterocycles. The molecular formula is C32H54BrNO6. The summed E-state index contributed by atoms with van der Waals surface area (Å²) in [5.74, 6) is -0.360. The lowest BCUT2D eigenvalue weighted by Gasteiger charge is -2.23. The van der Waals surface area contributed by atoms with E-state index in [1.165, 1.54) is 102 Å². The number of methoxy groups -OCH3 is 1. The molecule has 1 aromatic carbocycles. The molecule has 8 heteroatoms. The second-order valence-electron chi connectivity index (χ2n) is 10.5.